The van der Waals surface area contributed by atoms with Crippen LogP contribution in [0.5, 0.6) is 0 Å². The fourth-order valence-corrected chi connectivity index (χ4v) is 2.73. The first kappa shape index (κ1) is 10.4. The topological polar surface area (TPSA) is 0 Å². The summed E-state index contributed by atoms with van der Waals surface area (Å²) < 4.78 is 0. The summed E-state index contributed by atoms with van der Waals surface area (Å²) in [5, 5.41) is 2.26. The van der Waals surface area contributed by atoms with E-state index in [1.807, 2.05) is 11.3 Å². The van der Waals surface area contributed by atoms with Crippen LogP contribution >= 0.6 is 11.3 Å². The maximum Gasteiger partial charge on any atom is 0.0305 e. The highest BCUT2D eigenvalue weighted by molar-refractivity contribution is 7.11. The molecule has 1 heteroatoms. The molecular weight excluding hydrogens is 200 g/mol. The molecule has 0 nitrogen and oxygen atoms in total. The summed E-state index contributed by atoms with van der Waals surface area (Å²) in [6, 6.07) is 0. The highest BCUT2D eigenvalue weighted by atomic mass is 32.1. The number of rotatable bonds is 2. The molecule has 15 heavy (non-hydrogen) atoms. The molecule has 0 N–H and O–H groups in total. The number of thiophene rings is 1. The Morgan fingerprint density at radius 1 is 1.40 bits per heavy atom. The maximum atomic E-state index is 2.27. The molecule has 1 aromatic heterocycles. The average Bonchev–Trinajstić information content (AvgIpc) is 2.62. The highest BCUT2D eigenvalue weighted by Crippen LogP contribution is 2.29. The molecule has 2 rings (SSSR count). The minimum absolute atomic E-state index is 1.19. The number of fused-ring (bicyclic) bond motifs is 1. The van der Waals surface area contributed by atoms with E-state index in [1.54, 1.807) is 0 Å². The Balaban J connectivity index is 2.23. The SMILES string of the molecule is CC(C)=C/C=C\c1csc2c1CCC=C2. The van der Waals surface area contributed by atoms with Crippen LogP contribution in [0.2, 0.25) is 0 Å². The number of hydrogen-bond donors (Lipinski definition) is 0. The van der Waals surface area contributed by atoms with Crippen LogP contribution in [0.4, 0.5) is 0 Å². The van der Waals surface area contributed by atoms with Gasteiger partial charge in [0.15, 0.2) is 0 Å². The van der Waals surface area contributed by atoms with Crippen molar-refractivity contribution in [3.63, 3.8) is 0 Å². The van der Waals surface area contributed by atoms with Crippen LogP contribution in [0.25, 0.3) is 12.2 Å². The average molecular weight is 216 g/mol. The Morgan fingerprint density at radius 2 is 2.27 bits per heavy atom. The van der Waals surface area contributed by atoms with E-state index in [4.69, 9.17) is 0 Å². The van der Waals surface area contributed by atoms with Gasteiger partial charge in [-0.3, -0.25) is 0 Å². The van der Waals surface area contributed by atoms with E-state index in [9.17, 15) is 0 Å². The zero-order chi connectivity index (χ0) is 10.7. The molecule has 0 unspecified atom stereocenters. The normalized spacial score (nSPS) is 14.3. The lowest BCUT2D eigenvalue weighted by molar-refractivity contribution is 0.993. The third kappa shape index (κ3) is 2.48. The first-order valence-electron chi connectivity index (χ1n) is 5.36. The fourth-order valence-electron chi connectivity index (χ4n) is 1.72. The van der Waals surface area contributed by atoms with E-state index in [-0.39, 0.29) is 0 Å². The van der Waals surface area contributed by atoms with Crippen LogP contribution in [0.3, 0.4) is 0 Å². The van der Waals surface area contributed by atoms with Gasteiger partial charge in [0, 0.05) is 4.88 Å². The molecule has 0 amide bonds. The van der Waals surface area contributed by atoms with Gasteiger partial charge in [-0.1, -0.05) is 29.9 Å². The standard InChI is InChI=1S/C14H16S/c1-11(2)6-5-7-12-10-15-14-9-4-3-8-13(12)14/h4-7,9-10H,3,8H2,1-2H3/b7-5-. The van der Waals surface area contributed by atoms with Crippen molar-refractivity contribution in [3.8, 4) is 0 Å². The van der Waals surface area contributed by atoms with Crippen molar-refractivity contribution in [3.05, 3.63) is 45.2 Å². The third-order valence-corrected chi connectivity index (χ3v) is 3.50. The number of allylic oxidation sites excluding steroid dienone is 4. The molecule has 0 saturated carbocycles. The van der Waals surface area contributed by atoms with Crippen molar-refractivity contribution < 1.29 is 0 Å². The molecule has 1 aromatic rings. The van der Waals surface area contributed by atoms with E-state index >= 15 is 0 Å². The predicted molar refractivity (Wildman–Crippen MR) is 70.1 cm³/mol. The molecule has 1 aliphatic rings. The molecule has 78 valence electrons. The molecule has 0 bridgehead atoms. The number of hydrogen-bond acceptors (Lipinski definition) is 1. The van der Waals surface area contributed by atoms with Gasteiger partial charge in [-0.05, 0) is 49.3 Å². The lowest BCUT2D eigenvalue weighted by Gasteiger charge is -2.05. The zero-order valence-electron chi connectivity index (χ0n) is 9.29. The second-order valence-electron chi connectivity index (χ2n) is 4.08. The summed E-state index contributed by atoms with van der Waals surface area (Å²) >= 11 is 1.85. The first-order chi connectivity index (χ1) is 7.27. The van der Waals surface area contributed by atoms with E-state index in [1.165, 1.54) is 34.4 Å². The maximum absolute atomic E-state index is 2.27. The molecular formula is C14H16S. The summed E-state index contributed by atoms with van der Waals surface area (Å²) in [7, 11) is 0. The Hall–Kier alpha value is -1.08. The Bertz CT molecular complexity index is 426. The second-order valence-corrected chi connectivity index (χ2v) is 4.99. The molecule has 0 atom stereocenters. The summed E-state index contributed by atoms with van der Waals surface area (Å²) in [4.78, 5) is 1.44. The predicted octanol–water partition coefficient (Wildman–Crippen LogP) is 4.69. The van der Waals surface area contributed by atoms with Crippen LogP contribution in [0.15, 0.2) is 29.2 Å². The van der Waals surface area contributed by atoms with Crippen molar-refractivity contribution in [2.75, 3.05) is 0 Å². The minimum atomic E-state index is 1.19. The molecule has 1 aliphatic carbocycles. The van der Waals surface area contributed by atoms with Gasteiger partial charge in [-0.15, -0.1) is 11.3 Å². The van der Waals surface area contributed by atoms with Crippen LogP contribution in [0.1, 0.15) is 36.3 Å². The van der Waals surface area contributed by atoms with Gasteiger partial charge in [-0.2, -0.15) is 0 Å². The van der Waals surface area contributed by atoms with Crippen molar-refractivity contribution >= 4 is 23.5 Å². The highest BCUT2D eigenvalue weighted by Gasteiger charge is 2.09. The van der Waals surface area contributed by atoms with Crippen LogP contribution in [-0.2, 0) is 6.42 Å². The fraction of sp³-hybridized carbons (Fsp3) is 0.286. The van der Waals surface area contributed by atoms with Gasteiger partial charge in [0.05, 0.1) is 0 Å². The van der Waals surface area contributed by atoms with Crippen molar-refractivity contribution in [2.45, 2.75) is 26.7 Å². The molecule has 0 spiro atoms. The summed E-state index contributed by atoms with van der Waals surface area (Å²) in [5.74, 6) is 0. The van der Waals surface area contributed by atoms with Gasteiger partial charge >= 0.3 is 0 Å². The van der Waals surface area contributed by atoms with Gasteiger partial charge in [-0.25, -0.2) is 0 Å². The molecule has 0 radical (unpaired) electrons. The smallest absolute Gasteiger partial charge is 0.0305 e. The van der Waals surface area contributed by atoms with Gasteiger partial charge < -0.3 is 0 Å². The molecule has 1 heterocycles. The minimum Gasteiger partial charge on any atom is -0.144 e. The lowest BCUT2D eigenvalue weighted by Crippen LogP contribution is -1.90. The molecule has 0 aliphatic heterocycles. The Kier molecular flexibility index (Phi) is 3.22. The van der Waals surface area contributed by atoms with Gasteiger partial charge in [0.1, 0.15) is 0 Å². The Morgan fingerprint density at radius 3 is 3.07 bits per heavy atom. The van der Waals surface area contributed by atoms with Gasteiger partial charge in [0.2, 0.25) is 0 Å². The second kappa shape index (κ2) is 4.63. The lowest BCUT2D eigenvalue weighted by atomic mass is 10.0. The van der Waals surface area contributed by atoms with Gasteiger partial charge in [0.25, 0.3) is 0 Å². The third-order valence-electron chi connectivity index (χ3n) is 2.49. The summed E-state index contributed by atoms with van der Waals surface area (Å²) in [6.07, 6.45) is 13.4. The van der Waals surface area contributed by atoms with Crippen molar-refractivity contribution in [1.29, 1.82) is 0 Å². The largest absolute Gasteiger partial charge is 0.144 e. The van der Waals surface area contributed by atoms with E-state index in [0.29, 0.717) is 0 Å². The monoisotopic (exact) mass is 216 g/mol. The quantitative estimate of drug-likeness (QED) is 0.629. The zero-order valence-corrected chi connectivity index (χ0v) is 10.1. The van der Waals surface area contributed by atoms with Crippen LogP contribution < -0.4 is 0 Å². The van der Waals surface area contributed by atoms with E-state index in [2.05, 4.69) is 49.6 Å². The van der Waals surface area contributed by atoms with E-state index < -0.39 is 0 Å². The van der Waals surface area contributed by atoms with Crippen molar-refractivity contribution in [1.82, 2.24) is 0 Å². The molecule has 0 saturated heterocycles. The van der Waals surface area contributed by atoms with E-state index in [0.717, 1.165) is 0 Å². The first-order valence-corrected chi connectivity index (χ1v) is 6.24. The van der Waals surface area contributed by atoms with Crippen LogP contribution in [-0.4, -0.2) is 0 Å². The summed E-state index contributed by atoms with van der Waals surface area (Å²) in [6.45, 7) is 4.24. The molecule has 0 fully saturated rings. The van der Waals surface area contributed by atoms with Crippen LogP contribution in [0, 0.1) is 0 Å². The Labute approximate surface area is 95.6 Å². The summed E-state index contributed by atoms with van der Waals surface area (Å²) in [5.41, 5.74) is 4.27. The van der Waals surface area contributed by atoms with Crippen molar-refractivity contribution in [2.24, 2.45) is 0 Å². The molecule has 0 aromatic carbocycles.